The third kappa shape index (κ3) is 4.54. The average Bonchev–Trinajstić information content (AvgIpc) is 3.23. The number of rotatable bonds is 9. The zero-order valence-corrected chi connectivity index (χ0v) is 16.2. The molecular weight excluding hydrogens is 340 g/mol. The maximum Gasteiger partial charge on any atom is 0.242 e. The van der Waals surface area contributed by atoms with Crippen molar-refractivity contribution in [2.75, 3.05) is 6.54 Å². The van der Waals surface area contributed by atoms with E-state index >= 15 is 0 Å². The molecule has 2 unspecified atom stereocenters. The molecule has 0 radical (unpaired) electrons. The predicted molar refractivity (Wildman–Crippen MR) is 102 cm³/mol. The maximum absolute atomic E-state index is 12.6. The minimum absolute atomic E-state index is 0.0137. The summed E-state index contributed by atoms with van der Waals surface area (Å²) in [5, 5.41) is 12.2. The molecule has 5 nitrogen and oxygen atoms in total. The van der Waals surface area contributed by atoms with Gasteiger partial charge in [0.05, 0.1) is 4.88 Å². The Morgan fingerprint density at radius 2 is 2.29 bits per heavy atom. The van der Waals surface area contributed by atoms with Crippen LogP contribution in [0.25, 0.3) is 10.7 Å². The Morgan fingerprint density at radius 3 is 2.92 bits per heavy atom. The van der Waals surface area contributed by atoms with Crippen LogP contribution in [0.15, 0.2) is 17.5 Å². The topological polar surface area (TPSA) is 62.7 Å². The zero-order chi connectivity index (χ0) is 17.5. The van der Waals surface area contributed by atoms with Crippen LogP contribution in [0.4, 0.5) is 0 Å². The normalized spacial score (nSPS) is 13.6. The Kier molecular flexibility index (Phi) is 7.17. The SMILES string of the molecule is CCCCC(CC)CNC(=O)C(C)n1c(-c2cccs2)n[nH]c1=S. The zero-order valence-electron chi connectivity index (χ0n) is 14.5. The van der Waals surface area contributed by atoms with Crippen LogP contribution in [0.1, 0.15) is 52.5 Å². The van der Waals surface area contributed by atoms with Crippen LogP contribution in [-0.4, -0.2) is 27.2 Å². The molecule has 0 aromatic carbocycles. The summed E-state index contributed by atoms with van der Waals surface area (Å²) >= 11 is 6.91. The van der Waals surface area contributed by atoms with Gasteiger partial charge in [-0.25, -0.2) is 0 Å². The van der Waals surface area contributed by atoms with Crippen molar-refractivity contribution in [1.29, 1.82) is 0 Å². The Balaban J connectivity index is 2.06. The first-order valence-corrected chi connectivity index (χ1v) is 9.85. The van der Waals surface area contributed by atoms with E-state index in [2.05, 4.69) is 29.4 Å². The van der Waals surface area contributed by atoms with Crippen LogP contribution < -0.4 is 5.32 Å². The van der Waals surface area contributed by atoms with E-state index in [0.29, 0.717) is 10.7 Å². The molecule has 0 saturated heterocycles. The first-order valence-electron chi connectivity index (χ1n) is 8.56. The lowest BCUT2D eigenvalue weighted by Gasteiger charge is -2.19. The molecule has 0 aliphatic rings. The summed E-state index contributed by atoms with van der Waals surface area (Å²) in [6, 6.07) is 3.55. The predicted octanol–water partition coefficient (Wildman–Crippen LogP) is 4.56. The number of aromatic amines is 1. The van der Waals surface area contributed by atoms with Crippen molar-refractivity contribution in [2.45, 2.75) is 52.5 Å². The van der Waals surface area contributed by atoms with Gasteiger partial charge in [-0.1, -0.05) is 39.2 Å². The first kappa shape index (κ1) is 18.9. The Hall–Kier alpha value is -1.47. The van der Waals surface area contributed by atoms with Crippen LogP contribution in [0.2, 0.25) is 0 Å². The molecule has 0 bridgehead atoms. The lowest BCUT2D eigenvalue weighted by molar-refractivity contribution is -0.124. The fraction of sp³-hybridized carbons (Fsp3) is 0.588. The van der Waals surface area contributed by atoms with E-state index in [-0.39, 0.29) is 5.91 Å². The summed E-state index contributed by atoms with van der Waals surface area (Å²) < 4.78 is 2.27. The lowest BCUT2D eigenvalue weighted by atomic mass is 9.99. The number of aromatic nitrogens is 3. The number of nitrogens with zero attached hydrogens (tertiary/aromatic N) is 2. The van der Waals surface area contributed by atoms with Gasteiger partial charge in [0, 0.05) is 6.54 Å². The molecule has 2 aromatic rings. The summed E-state index contributed by atoms with van der Waals surface area (Å²) in [5.74, 6) is 1.24. The number of nitrogens with one attached hydrogen (secondary N) is 2. The van der Waals surface area contributed by atoms with Gasteiger partial charge >= 0.3 is 0 Å². The fourth-order valence-corrected chi connectivity index (χ4v) is 3.70. The number of hydrogen-bond donors (Lipinski definition) is 2. The number of hydrogen-bond acceptors (Lipinski definition) is 4. The number of H-pyrrole nitrogens is 1. The second-order valence-corrected chi connectivity index (χ2v) is 7.37. The molecule has 2 heterocycles. The molecule has 2 aromatic heterocycles. The standard InChI is InChI=1S/C17H26N4OS2/c1-4-6-8-13(5-2)11-18-16(22)12(3)21-15(19-20-17(21)23)14-9-7-10-24-14/h7,9-10,12-13H,4-6,8,11H2,1-3H3,(H,18,22)(H,20,23). The summed E-state index contributed by atoms with van der Waals surface area (Å²) in [7, 11) is 0. The Bertz CT molecular complexity index is 690. The largest absolute Gasteiger partial charge is 0.354 e. The number of carbonyl (C=O) groups is 1. The molecule has 132 valence electrons. The van der Waals surface area contributed by atoms with E-state index in [1.165, 1.54) is 12.8 Å². The van der Waals surface area contributed by atoms with E-state index in [1.54, 1.807) is 15.9 Å². The third-order valence-electron chi connectivity index (χ3n) is 4.32. The highest BCUT2D eigenvalue weighted by atomic mass is 32.1. The molecule has 24 heavy (non-hydrogen) atoms. The molecule has 0 spiro atoms. The second kappa shape index (κ2) is 9.13. The highest BCUT2D eigenvalue weighted by molar-refractivity contribution is 7.71. The van der Waals surface area contributed by atoms with Crippen LogP contribution >= 0.6 is 23.6 Å². The summed E-state index contributed by atoms with van der Waals surface area (Å²) in [4.78, 5) is 13.6. The van der Waals surface area contributed by atoms with Crippen molar-refractivity contribution in [3.63, 3.8) is 0 Å². The van der Waals surface area contributed by atoms with Crippen molar-refractivity contribution in [1.82, 2.24) is 20.1 Å². The smallest absolute Gasteiger partial charge is 0.242 e. The summed E-state index contributed by atoms with van der Waals surface area (Å²) in [6.45, 7) is 6.96. The molecule has 2 N–H and O–H groups in total. The highest BCUT2D eigenvalue weighted by Gasteiger charge is 2.21. The molecule has 2 rings (SSSR count). The average molecular weight is 367 g/mol. The molecule has 0 aliphatic carbocycles. The van der Waals surface area contributed by atoms with Gasteiger partial charge in [0.15, 0.2) is 10.6 Å². The minimum atomic E-state index is -0.392. The van der Waals surface area contributed by atoms with Crippen molar-refractivity contribution < 1.29 is 4.79 Å². The second-order valence-electron chi connectivity index (χ2n) is 6.04. The van der Waals surface area contributed by atoms with Gasteiger partial charge in [-0.05, 0) is 42.9 Å². The Morgan fingerprint density at radius 1 is 1.50 bits per heavy atom. The molecule has 0 fully saturated rings. The lowest BCUT2D eigenvalue weighted by Crippen LogP contribution is -2.34. The van der Waals surface area contributed by atoms with Gasteiger partial charge in [-0.15, -0.1) is 11.3 Å². The molecular formula is C17H26N4OS2. The van der Waals surface area contributed by atoms with Crippen LogP contribution in [0, 0.1) is 10.7 Å². The quantitative estimate of drug-likeness (QED) is 0.639. The van der Waals surface area contributed by atoms with Gasteiger partial charge in [0.25, 0.3) is 0 Å². The van der Waals surface area contributed by atoms with Crippen LogP contribution in [0.5, 0.6) is 0 Å². The number of amides is 1. The first-order chi connectivity index (χ1) is 11.6. The van der Waals surface area contributed by atoms with Gasteiger partial charge in [-0.2, -0.15) is 5.10 Å². The van der Waals surface area contributed by atoms with E-state index in [0.717, 1.165) is 30.1 Å². The van der Waals surface area contributed by atoms with Gasteiger partial charge in [0.1, 0.15) is 6.04 Å². The van der Waals surface area contributed by atoms with Crippen molar-refractivity contribution in [2.24, 2.45) is 5.92 Å². The van der Waals surface area contributed by atoms with Crippen LogP contribution in [0.3, 0.4) is 0 Å². The summed E-state index contributed by atoms with van der Waals surface area (Å²) in [6.07, 6.45) is 4.64. The molecule has 1 amide bonds. The van der Waals surface area contributed by atoms with Crippen molar-refractivity contribution >= 4 is 29.5 Å². The fourth-order valence-electron chi connectivity index (χ4n) is 2.70. The minimum Gasteiger partial charge on any atom is -0.354 e. The third-order valence-corrected chi connectivity index (χ3v) is 5.47. The monoisotopic (exact) mass is 366 g/mol. The molecule has 0 saturated carbocycles. The van der Waals surface area contributed by atoms with Gasteiger partial charge in [-0.3, -0.25) is 14.5 Å². The van der Waals surface area contributed by atoms with Gasteiger partial charge < -0.3 is 5.32 Å². The van der Waals surface area contributed by atoms with Crippen molar-refractivity contribution in [3.05, 3.63) is 22.3 Å². The van der Waals surface area contributed by atoms with E-state index in [4.69, 9.17) is 12.2 Å². The number of unbranched alkanes of at least 4 members (excludes halogenated alkanes) is 1. The molecule has 0 aliphatic heterocycles. The van der Waals surface area contributed by atoms with E-state index in [9.17, 15) is 4.79 Å². The summed E-state index contributed by atoms with van der Waals surface area (Å²) in [5.41, 5.74) is 0. The molecule has 2 atom stereocenters. The molecule has 7 heteroatoms. The number of carbonyl (C=O) groups excluding carboxylic acids is 1. The van der Waals surface area contributed by atoms with Crippen molar-refractivity contribution in [3.8, 4) is 10.7 Å². The van der Waals surface area contributed by atoms with Crippen LogP contribution in [-0.2, 0) is 4.79 Å². The maximum atomic E-state index is 12.6. The number of thiophene rings is 1. The Labute approximate surface area is 152 Å². The van der Waals surface area contributed by atoms with Gasteiger partial charge in [0.2, 0.25) is 5.91 Å². The highest BCUT2D eigenvalue weighted by Crippen LogP contribution is 2.25. The van der Waals surface area contributed by atoms with E-state index < -0.39 is 6.04 Å². The van der Waals surface area contributed by atoms with E-state index in [1.807, 2.05) is 24.4 Å².